The van der Waals surface area contributed by atoms with Crippen molar-refractivity contribution in [1.29, 1.82) is 0 Å². The molecule has 1 unspecified atom stereocenters. The molecule has 26 heavy (non-hydrogen) atoms. The highest BCUT2D eigenvalue weighted by Gasteiger charge is 2.21. The molecule has 5 nitrogen and oxygen atoms in total. The lowest BCUT2D eigenvalue weighted by atomic mass is 10.2. The summed E-state index contributed by atoms with van der Waals surface area (Å²) in [4.78, 5) is 15.9. The zero-order chi connectivity index (χ0) is 17.9. The Balaban J connectivity index is 1.39. The van der Waals surface area contributed by atoms with Crippen molar-refractivity contribution in [2.24, 2.45) is 0 Å². The van der Waals surface area contributed by atoms with E-state index in [9.17, 15) is 4.79 Å². The van der Waals surface area contributed by atoms with Crippen LogP contribution in [0.3, 0.4) is 0 Å². The lowest BCUT2D eigenvalue weighted by Gasteiger charge is -2.24. The molecule has 0 saturated carbocycles. The monoisotopic (exact) mass is 370 g/mol. The normalized spacial score (nSPS) is 18.2. The summed E-state index contributed by atoms with van der Waals surface area (Å²) < 4.78 is 10.7. The zero-order valence-electron chi connectivity index (χ0n) is 14.7. The highest BCUT2D eigenvalue weighted by Crippen LogP contribution is 2.37. The van der Waals surface area contributed by atoms with E-state index in [2.05, 4.69) is 35.3 Å². The SMILES string of the molecule is CC1CCN(CC(=O)NCc2ccc3c(c2)OCO3)c2ccccc2S1. The number of ether oxygens (including phenoxy) is 2. The quantitative estimate of drug-likeness (QED) is 0.894. The summed E-state index contributed by atoms with van der Waals surface area (Å²) in [6.45, 7) is 4.24. The lowest BCUT2D eigenvalue weighted by Crippen LogP contribution is -2.37. The largest absolute Gasteiger partial charge is 0.454 e. The van der Waals surface area contributed by atoms with Gasteiger partial charge in [0.1, 0.15) is 0 Å². The summed E-state index contributed by atoms with van der Waals surface area (Å²) in [5, 5.41) is 3.57. The second-order valence-corrected chi connectivity index (χ2v) is 8.05. The number of para-hydroxylation sites is 1. The van der Waals surface area contributed by atoms with Gasteiger partial charge >= 0.3 is 0 Å². The Hall–Kier alpha value is -2.34. The summed E-state index contributed by atoms with van der Waals surface area (Å²) in [6.07, 6.45) is 1.06. The Morgan fingerprint density at radius 1 is 1.23 bits per heavy atom. The molecule has 136 valence electrons. The minimum atomic E-state index is 0.0250. The third-order valence-corrected chi connectivity index (χ3v) is 5.84. The summed E-state index contributed by atoms with van der Waals surface area (Å²) in [7, 11) is 0. The molecule has 0 saturated heterocycles. The number of carbonyl (C=O) groups excluding carboxylic acids is 1. The van der Waals surface area contributed by atoms with Crippen LogP contribution in [0.1, 0.15) is 18.9 Å². The number of hydrogen-bond acceptors (Lipinski definition) is 5. The fourth-order valence-electron chi connectivity index (χ4n) is 3.20. The van der Waals surface area contributed by atoms with Gasteiger partial charge < -0.3 is 19.7 Å². The first kappa shape index (κ1) is 17.1. The van der Waals surface area contributed by atoms with E-state index in [4.69, 9.17) is 9.47 Å². The summed E-state index contributed by atoms with van der Waals surface area (Å²) in [6, 6.07) is 14.1. The van der Waals surface area contributed by atoms with Gasteiger partial charge in [-0.15, -0.1) is 11.8 Å². The third kappa shape index (κ3) is 3.75. The van der Waals surface area contributed by atoms with Crippen LogP contribution in [0.4, 0.5) is 5.69 Å². The van der Waals surface area contributed by atoms with Crippen LogP contribution in [0.5, 0.6) is 11.5 Å². The Bertz CT molecular complexity index is 811. The highest BCUT2D eigenvalue weighted by molar-refractivity contribution is 8.00. The fourth-order valence-corrected chi connectivity index (χ4v) is 4.33. The standard InChI is InChI=1S/C20H22N2O3S/c1-14-8-9-22(16-4-2-3-5-19(16)26-14)12-20(23)21-11-15-6-7-17-18(10-15)25-13-24-17/h2-7,10,14H,8-9,11-13H2,1H3,(H,21,23). The molecule has 2 aromatic carbocycles. The van der Waals surface area contributed by atoms with Gasteiger partial charge in [-0.25, -0.2) is 0 Å². The Labute approximate surface area is 157 Å². The lowest BCUT2D eigenvalue weighted by molar-refractivity contribution is -0.119. The third-order valence-electron chi connectivity index (χ3n) is 4.60. The minimum absolute atomic E-state index is 0.0250. The van der Waals surface area contributed by atoms with Crippen LogP contribution < -0.4 is 19.7 Å². The molecular weight excluding hydrogens is 348 g/mol. The average Bonchev–Trinajstić information content (AvgIpc) is 3.05. The number of rotatable bonds is 4. The van der Waals surface area contributed by atoms with Crippen molar-refractivity contribution in [2.75, 3.05) is 24.8 Å². The van der Waals surface area contributed by atoms with E-state index < -0.39 is 0 Å². The molecule has 0 spiro atoms. The van der Waals surface area contributed by atoms with Crippen molar-refractivity contribution in [3.8, 4) is 11.5 Å². The topological polar surface area (TPSA) is 50.8 Å². The maximum absolute atomic E-state index is 12.5. The molecule has 2 aliphatic rings. The molecule has 0 radical (unpaired) electrons. The van der Waals surface area contributed by atoms with E-state index >= 15 is 0 Å². The number of fused-ring (bicyclic) bond motifs is 2. The zero-order valence-corrected chi connectivity index (χ0v) is 15.6. The minimum Gasteiger partial charge on any atom is -0.454 e. The maximum Gasteiger partial charge on any atom is 0.239 e. The van der Waals surface area contributed by atoms with Crippen LogP contribution in [-0.2, 0) is 11.3 Å². The number of carbonyl (C=O) groups is 1. The van der Waals surface area contributed by atoms with Gasteiger partial charge in [-0.2, -0.15) is 0 Å². The Morgan fingerprint density at radius 2 is 2.08 bits per heavy atom. The van der Waals surface area contributed by atoms with Gasteiger partial charge in [-0.3, -0.25) is 4.79 Å². The van der Waals surface area contributed by atoms with E-state index in [1.807, 2.05) is 36.0 Å². The first-order valence-electron chi connectivity index (χ1n) is 8.85. The van der Waals surface area contributed by atoms with E-state index in [1.165, 1.54) is 4.90 Å². The van der Waals surface area contributed by atoms with Gasteiger partial charge in [-0.05, 0) is 36.2 Å². The van der Waals surface area contributed by atoms with Gasteiger partial charge in [-0.1, -0.05) is 25.1 Å². The predicted octanol–water partition coefficient (Wildman–Crippen LogP) is 3.42. The number of benzene rings is 2. The van der Waals surface area contributed by atoms with Gasteiger partial charge in [0.05, 0.1) is 12.2 Å². The number of nitrogens with zero attached hydrogens (tertiary/aromatic N) is 1. The summed E-state index contributed by atoms with van der Waals surface area (Å²) in [5.41, 5.74) is 2.16. The molecule has 0 aliphatic carbocycles. The van der Waals surface area contributed by atoms with E-state index in [1.54, 1.807) is 0 Å². The Morgan fingerprint density at radius 3 is 3.00 bits per heavy atom. The first-order valence-corrected chi connectivity index (χ1v) is 9.73. The number of hydrogen-bond donors (Lipinski definition) is 1. The van der Waals surface area contributed by atoms with Gasteiger partial charge in [0.25, 0.3) is 0 Å². The van der Waals surface area contributed by atoms with Crippen molar-refractivity contribution in [3.05, 3.63) is 48.0 Å². The molecule has 1 atom stereocenters. The van der Waals surface area contributed by atoms with Crippen LogP contribution in [0.25, 0.3) is 0 Å². The molecule has 2 aromatic rings. The molecule has 1 N–H and O–H groups in total. The van der Waals surface area contributed by atoms with E-state index in [0.29, 0.717) is 18.3 Å². The average molecular weight is 370 g/mol. The van der Waals surface area contributed by atoms with Crippen molar-refractivity contribution >= 4 is 23.4 Å². The van der Waals surface area contributed by atoms with Crippen molar-refractivity contribution < 1.29 is 14.3 Å². The number of amides is 1. The molecule has 0 bridgehead atoms. The molecule has 0 aromatic heterocycles. The number of anilines is 1. The first-order chi connectivity index (χ1) is 12.7. The van der Waals surface area contributed by atoms with Crippen LogP contribution in [0.2, 0.25) is 0 Å². The fraction of sp³-hybridized carbons (Fsp3) is 0.350. The number of nitrogens with one attached hydrogen (secondary N) is 1. The van der Waals surface area contributed by atoms with E-state index in [0.717, 1.165) is 35.7 Å². The van der Waals surface area contributed by atoms with Crippen LogP contribution in [0, 0.1) is 0 Å². The molecule has 2 heterocycles. The molecule has 0 fully saturated rings. The molecule has 2 aliphatic heterocycles. The van der Waals surface area contributed by atoms with E-state index in [-0.39, 0.29) is 12.7 Å². The van der Waals surface area contributed by atoms with Crippen LogP contribution >= 0.6 is 11.8 Å². The Kier molecular flexibility index (Phi) is 4.93. The molecular formula is C20H22N2O3S. The molecule has 6 heteroatoms. The van der Waals surface area contributed by atoms with Gasteiger partial charge in [0.2, 0.25) is 12.7 Å². The molecule has 1 amide bonds. The smallest absolute Gasteiger partial charge is 0.239 e. The second kappa shape index (κ2) is 7.50. The van der Waals surface area contributed by atoms with Gasteiger partial charge in [0.15, 0.2) is 11.5 Å². The van der Waals surface area contributed by atoms with Crippen molar-refractivity contribution in [2.45, 2.75) is 30.0 Å². The van der Waals surface area contributed by atoms with Crippen molar-refractivity contribution in [3.63, 3.8) is 0 Å². The highest BCUT2D eigenvalue weighted by atomic mass is 32.2. The summed E-state index contributed by atoms with van der Waals surface area (Å²) in [5.74, 6) is 1.52. The number of thioether (sulfide) groups is 1. The van der Waals surface area contributed by atoms with Crippen LogP contribution in [0.15, 0.2) is 47.4 Å². The molecule has 4 rings (SSSR count). The summed E-state index contributed by atoms with van der Waals surface area (Å²) >= 11 is 1.89. The maximum atomic E-state index is 12.5. The van der Waals surface area contributed by atoms with Gasteiger partial charge in [0, 0.05) is 23.2 Å². The van der Waals surface area contributed by atoms with Crippen LogP contribution in [-0.4, -0.2) is 31.0 Å². The van der Waals surface area contributed by atoms with Crippen molar-refractivity contribution in [1.82, 2.24) is 5.32 Å². The second-order valence-electron chi connectivity index (χ2n) is 6.57. The predicted molar refractivity (Wildman–Crippen MR) is 103 cm³/mol.